The molecule has 8 heteroatoms. The van der Waals surface area contributed by atoms with Gasteiger partial charge in [0.05, 0.1) is 4.88 Å². The fourth-order valence-electron chi connectivity index (χ4n) is 2.59. The maximum atomic E-state index is 12.2. The fourth-order valence-corrected chi connectivity index (χ4v) is 3.38. The standard InChI is InChI=1S/C21H18N6OS/c1-14-10-17(29-12-14)21(28)26-16-7-5-15(6-8-16)25-19-11-20(24-13-23-19)27-18-4-2-3-9-22-18/h2-13H,1H3,(H,26,28)(H2,22,23,24,25,27). The van der Waals surface area contributed by atoms with E-state index in [0.717, 1.165) is 16.9 Å². The lowest BCUT2D eigenvalue weighted by molar-refractivity contribution is 0.103. The highest BCUT2D eigenvalue weighted by atomic mass is 32.1. The van der Waals surface area contributed by atoms with Crippen molar-refractivity contribution in [1.82, 2.24) is 15.0 Å². The minimum Gasteiger partial charge on any atom is -0.340 e. The van der Waals surface area contributed by atoms with Crippen LogP contribution in [0.15, 0.2) is 72.5 Å². The lowest BCUT2D eigenvalue weighted by Gasteiger charge is -2.09. The first-order valence-corrected chi connectivity index (χ1v) is 9.77. The number of rotatable bonds is 6. The van der Waals surface area contributed by atoms with E-state index in [1.54, 1.807) is 12.3 Å². The molecule has 4 rings (SSSR count). The molecule has 0 bridgehead atoms. The predicted octanol–water partition coefficient (Wildman–Crippen LogP) is 4.98. The summed E-state index contributed by atoms with van der Waals surface area (Å²) in [5, 5.41) is 11.2. The summed E-state index contributed by atoms with van der Waals surface area (Å²) in [4.78, 5) is 25.6. The zero-order valence-electron chi connectivity index (χ0n) is 15.6. The minimum absolute atomic E-state index is 0.107. The third-order valence-electron chi connectivity index (χ3n) is 3.96. The molecule has 7 nitrogen and oxygen atoms in total. The molecule has 3 aromatic heterocycles. The van der Waals surface area contributed by atoms with Crippen molar-refractivity contribution in [2.24, 2.45) is 0 Å². The van der Waals surface area contributed by atoms with E-state index in [0.29, 0.717) is 22.3 Å². The van der Waals surface area contributed by atoms with Crippen molar-refractivity contribution in [2.75, 3.05) is 16.0 Å². The molecule has 1 aromatic carbocycles. The van der Waals surface area contributed by atoms with Crippen LogP contribution in [0.4, 0.5) is 28.8 Å². The summed E-state index contributed by atoms with van der Waals surface area (Å²) in [5.41, 5.74) is 2.66. The van der Waals surface area contributed by atoms with Crippen molar-refractivity contribution < 1.29 is 4.79 Å². The number of hydrogen-bond donors (Lipinski definition) is 3. The van der Waals surface area contributed by atoms with Crippen molar-refractivity contribution >= 4 is 46.1 Å². The Bertz CT molecular complexity index is 1110. The highest BCUT2D eigenvalue weighted by molar-refractivity contribution is 7.12. The smallest absolute Gasteiger partial charge is 0.265 e. The fraction of sp³-hybridized carbons (Fsp3) is 0.0476. The molecule has 0 saturated heterocycles. The Kier molecular flexibility index (Phi) is 5.44. The van der Waals surface area contributed by atoms with Crippen LogP contribution in [0, 0.1) is 6.92 Å². The summed E-state index contributed by atoms with van der Waals surface area (Å²) in [6.07, 6.45) is 3.19. The first kappa shape index (κ1) is 18.6. The maximum Gasteiger partial charge on any atom is 0.265 e. The molecule has 0 radical (unpaired) electrons. The monoisotopic (exact) mass is 402 g/mol. The van der Waals surface area contributed by atoms with Gasteiger partial charge in [-0.25, -0.2) is 15.0 Å². The van der Waals surface area contributed by atoms with Gasteiger partial charge in [-0.1, -0.05) is 6.07 Å². The summed E-state index contributed by atoms with van der Waals surface area (Å²) >= 11 is 1.43. The first-order valence-electron chi connectivity index (χ1n) is 8.89. The molecule has 0 atom stereocenters. The van der Waals surface area contributed by atoms with E-state index in [-0.39, 0.29) is 5.91 Å². The van der Waals surface area contributed by atoms with Crippen LogP contribution in [0.3, 0.4) is 0 Å². The molecule has 1 amide bonds. The zero-order valence-corrected chi connectivity index (χ0v) is 16.4. The summed E-state index contributed by atoms with van der Waals surface area (Å²) < 4.78 is 0. The normalized spacial score (nSPS) is 10.4. The largest absolute Gasteiger partial charge is 0.340 e. The van der Waals surface area contributed by atoms with Crippen LogP contribution in [0.5, 0.6) is 0 Å². The van der Waals surface area contributed by atoms with Gasteiger partial charge in [-0.05, 0) is 60.3 Å². The minimum atomic E-state index is -0.107. The lowest BCUT2D eigenvalue weighted by atomic mass is 10.2. The second-order valence-corrected chi connectivity index (χ2v) is 7.18. The zero-order chi connectivity index (χ0) is 20.1. The molecule has 0 unspecified atom stereocenters. The number of carbonyl (C=O) groups excluding carboxylic acids is 1. The van der Waals surface area contributed by atoms with Crippen LogP contribution >= 0.6 is 11.3 Å². The third kappa shape index (κ3) is 4.94. The van der Waals surface area contributed by atoms with Gasteiger partial charge < -0.3 is 16.0 Å². The molecule has 3 heterocycles. The van der Waals surface area contributed by atoms with Gasteiger partial charge >= 0.3 is 0 Å². The van der Waals surface area contributed by atoms with Crippen LogP contribution in [-0.2, 0) is 0 Å². The summed E-state index contributed by atoms with van der Waals surface area (Å²) in [5.74, 6) is 1.88. The lowest BCUT2D eigenvalue weighted by Crippen LogP contribution is -2.10. The molecule has 0 spiro atoms. The highest BCUT2D eigenvalue weighted by Gasteiger charge is 2.08. The number of aryl methyl sites for hydroxylation is 1. The van der Waals surface area contributed by atoms with E-state index in [2.05, 4.69) is 30.9 Å². The Morgan fingerprint density at radius 3 is 2.31 bits per heavy atom. The van der Waals surface area contributed by atoms with Crippen molar-refractivity contribution in [3.05, 3.63) is 82.9 Å². The maximum absolute atomic E-state index is 12.2. The van der Waals surface area contributed by atoms with Crippen molar-refractivity contribution in [1.29, 1.82) is 0 Å². The van der Waals surface area contributed by atoms with Gasteiger partial charge in [-0.3, -0.25) is 4.79 Å². The molecule has 0 aliphatic heterocycles. The highest BCUT2D eigenvalue weighted by Crippen LogP contribution is 2.21. The number of thiophene rings is 1. The van der Waals surface area contributed by atoms with Crippen LogP contribution in [0.25, 0.3) is 0 Å². The Morgan fingerprint density at radius 1 is 0.862 bits per heavy atom. The molecule has 4 aromatic rings. The average Bonchev–Trinajstić information content (AvgIpc) is 3.17. The number of nitrogens with one attached hydrogen (secondary N) is 3. The summed E-state index contributed by atoms with van der Waals surface area (Å²) in [7, 11) is 0. The van der Waals surface area contributed by atoms with E-state index in [1.165, 1.54) is 17.7 Å². The molecule has 0 saturated carbocycles. The molecule has 144 valence electrons. The molecular formula is C21H18N6OS. The average molecular weight is 402 g/mol. The van der Waals surface area contributed by atoms with E-state index >= 15 is 0 Å². The van der Waals surface area contributed by atoms with E-state index in [9.17, 15) is 4.79 Å². The summed E-state index contributed by atoms with van der Waals surface area (Å²) in [6.45, 7) is 1.97. The number of hydrogen-bond acceptors (Lipinski definition) is 7. The van der Waals surface area contributed by atoms with E-state index in [1.807, 2.05) is 60.8 Å². The van der Waals surface area contributed by atoms with Gasteiger partial charge in [0.1, 0.15) is 23.8 Å². The summed E-state index contributed by atoms with van der Waals surface area (Å²) in [6, 6.07) is 16.7. The van der Waals surface area contributed by atoms with Crippen LogP contribution in [0.1, 0.15) is 15.2 Å². The van der Waals surface area contributed by atoms with Crippen LogP contribution < -0.4 is 16.0 Å². The second kappa shape index (κ2) is 8.49. The first-order chi connectivity index (χ1) is 14.2. The van der Waals surface area contributed by atoms with Crippen molar-refractivity contribution in [3.63, 3.8) is 0 Å². The molecule has 0 aliphatic rings. The molecular weight excluding hydrogens is 384 g/mol. The second-order valence-electron chi connectivity index (χ2n) is 6.27. The third-order valence-corrected chi connectivity index (χ3v) is 5.00. The molecule has 3 N–H and O–H groups in total. The quantitative estimate of drug-likeness (QED) is 0.421. The molecule has 0 aliphatic carbocycles. The number of pyridine rings is 1. The van der Waals surface area contributed by atoms with Gasteiger partial charge in [0.15, 0.2) is 0 Å². The van der Waals surface area contributed by atoms with Crippen LogP contribution in [0.2, 0.25) is 0 Å². The number of anilines is 5. The topological polar surface area (TPSA) is 91.8 Å². The van der Waals surface area contributed by atoms with Gasteiger partial charge in [-0.15, -0.1) is 11.3 Å². The number of carbonyl (C=O) groups is 1. The Labute approximate surface area is 171 Å². The van der Waals surface area contributed by atoms with Gasteiger partial charge in [0.25, 0.3) is 5.91 Å². The number of amides is 1. The Hall–Kier alpha value is -3.78. The van der Waals surface area contributed by atoms with Crippen molar-refractivity contribution in [2.45, 2.75) is 6.92 Å². The number of aromatic nitrogens is 3. The SMILES string of the molecule is Cc1csc(C(=O)Nc2ccc(Nc3cc(Nc4ccccn4)ncn3)cc2)c1. The van der Waals surface area contributed by atoms with Gasteiger partial charge in [0, 0.05) is 23.6 Å². The number of benzene rings is 1. The Morgan fingerprint density at radius 2 is 1.62 bits per heavy atom. The van der Waals surface area contributed by atoms with Gasteiger partial charge in [0.2, 0.25) is 0 Å². The number of nitrogens with zero attached hydrogens (tertiary/aromatic N) is 3. The van der Waals surface area contributed by atoms with E-state index < -0.39 is 0 Å². The predicted molar refractivity (Wildman–Crippen MR) is 116 cm³/mol. The van der Waals surface area contributed by atoms with Crippen LogP contribution in [-0.4, -0.2) is 20.9 Å². The molecule has 0 fully saturated rings. The van der Waals surface area contributed by atoms with E-state index in [4.69, 9.17) is 0 Å². The Balaban J connectivity index is 1.40. The molecule has 29 heavy (non-hydrogen) atoms. The van der Waals surface area contributed by atoms with Gasteiger partial charge in [-0.2, -0.15) is 0 Å². The van der Waals surface area contributed by atoms with Crippen molar-refractivity contribution in [3.8, 4) is 0 Å².